The van der Waals surface area contributed by atoms with E-state index in [0.29, 0.717) is 55.8 Å². The van der Waals surface area contributed by atoms with Crippen molar-refractivity contribution < 1.29 is 19.1 Å². The van der Waals surface area contributed by atoms with Gasteiger partial charge in [-0.1, -0.05) is 58.0 Å². The minimum Gasteiger partial charge on any atom is -0.379 e. The number of morpholine rings is 1. The van der Waals surface area contributed by atoms with Crippen molar-refractivity contribution in [2.75, 3.05) is 61.1 Å². The molecule has 2 aromatic rings. The lowest BCUT2D eigenvalue weighted by atomic mass is 10.0. The van der Waals surface area contributed by atoms with Crippen LogP contribution >= 0.6 is 0 Å². The van der Waals surface area contributed by atoms with Gasteiger partial charge in [0.05, 0.1) is 24.6 Å². The van der Waals surface area contributed by atoms with Crippen molar-refractivity contribution in [1.29, 1.82) is 0 Å². The fourth-order valence-corrected chi connectivity index (χ4v) is 5.02. The maximum absolute atomic E-state index is 14.0. The maximum Gasteiger partial charge on any atom is 0.320 e. The minimum absolute atomic E-state index is 0.194. The van der Waals surface area contributed by atoms with Gasteiger partial charge in [-0.3, -0.25) is 14.5 Å². The molecule has 0 radical (unpaired) electrons. The van der Waals surface area contributed by atoms with Gasteiger partial charge in [0.2, 0.25) is 0 Å². The molecule has 2 aliphatic rings. The Morgan fingerprint density at radius 1 is 0.872 bits per heavy atom. The number of hydrogen-bond donors (Lipinski definition) is 2. The number of carbonyl (C=O) groups is 3. The molecule has 0 bridgehead atoms. The molecule has 0 aliphatic carbocycles. The molecular weight excluding hydrogens is 494 g/mol. The second-order valence-corrected chi connectivity index (χ2v) is 10.9. The van der Waals surface area contributed by atoms with Crippen molar-refractivity contribution in [2.45, 2.75) is 46.1 Å². The van der Waals surface area contributed by atoms with Gasteiger partial charge < -0.3 is 25.2 Å². The summed E-state index contributed by atoms with van der Waals surface area (Å²) < 4.78 is 5.47. The summed E-state index contributed by atoms with van der Waals surface area (Å²) in [7, 11) is 0. The second kappa shape index (κ2) is 13.1. The number of para-hydroxylation sites is 3. The largest absolute Gasteiger partial charge is 0.379 e. The summed E-state index contributed by atoms with van der Waals surface area (Å²) in [6.07, 6.45) is 0.767. The van der Waals surface area contributed by atoms with Crippen LogP contribution in [0.25, 0.3) is 0 Å². The fourth-order valence-electron chi connectivity index (χ4n) is 5.02. The number of hydrogen-bond acceptors (Lipinski definition) is 5. The van der Waals surface area contributed by atoms with Crippen molar-refractivity contribution in [2.24, 2.45) is 5.92 Å². The average Bonchev–Trinajstić information content (AvgIpc) is 3.00. The van der Waals surface area contributed by atoms with Gasteiger partial charge >= 0.3 is 6.03 Å². The van der Waals surface area contributed by atoms with E-state index < -0.39 is 23.9 Å². The first-order chi connectivity index (χ1) is 18.8. The van der Waals surface area contributed by atoms with Crippen LogP contribution in [-0.2, 0) is 14.3 Å². The van der Waals surface area contributed by atoms with E-state index in [9.17, 15) is 14.4 Å². The van der Waals surface area contributed by atoms with Crippen molar-refractivity contribution in [3.8, 4) is 0 Å². The Morgan fingerprint density at radius 3 is 2.08 bits per heavy atom. The first kappa shape index (κ1) is 28.6. The summed E-state index contributed by atoms with van der Waals surface area (Å²) >= 11 is 0. The number of fused-ring (bicyclic) bond motifs is 1. The van der Waals surface area contributed by atoms with E-state index in [4.69, 9.17) is 4.74 Å². The van der Waals surface area contributed by atoms with Crippen LogP contribution in [0.1, 0.15) is 45.6 Å². The SMILES string of the molecule is CC(C)CCN1C(=O)C(NC(=O)Nc2ccccc2C(C)C)C(=O)N(CCN2CCOCC2)c2ccccc21. The quantitative estimate of drug-likeness (QED) is 0.473. The molecule has 4 amide bonds. The summed E-state index contributed by atoms with van der Waals surface area (Å²) in [5.41, 5.74) is 3.00. The van der Waals surface area contributed by atoms with Gasteiger partial charge in [-0.2, -0.15) is 0 Å². The molecule has 210 valence electrons. The lowest BCUT2D eigenvalue weighted by molar-refractivity contribution is -0.129. The van der Waals surface area contributed by atoms with Crippen LogP contribution in [-0.4, -0.2) is 74.7 Å². The van der Waals surface area contributed by atoms with Gasteiger partial charge in [0.1, 0.15) is 0 Å². The fraction of sp³-hybridized carbons (Fsp3) is 0.500. The predicted molar refractivity (Wildman–Crippen MR) is 154 cm³/mol. The summed E-state index contributed by atoms with van der Waals surface area (Å²) in [6.45, 7) is 12.7. The molecule has 39 heavy (non-hydrogen) atoms. The zero-order chi connectivity index (χ0) is 27.9. The lowest BCUT2D eigenvalue weighted by Crippen LogP contribution is -2.57. The van der Waals surface area contributed by atoms with E-state index in [0.717, 1.165) is 25.1 Å². The molecule has 9 heteroatoms. The molecule has 0 aromatic heterocycles. The first-order valence-corrected chi connectivity index (χ1v) is 13.9. The van der Waals surface area contributed by atoms with Crippen molar-refractivity contribution in [1.82, 2.24) is 10.2 Å². The van der Waals surface area contributed by atoms with Gasteiger partial charge in [0.25, 0.3) is 11.8 Å². The highest BCUT2D eigenvalue weighted by Gasteiger charge is 2.41. The van der Waals surface area contributed by atoms with Crippen molar-refractivity contribution >= 4 is 34.9 Å². The normalized spacial score (nSPS) is 18.4. The Morgan fingerprint density at radius 2 is 1.46 bits per heavy atom. The third kappa shape index (κ3) is 6.96. The standard InChI is InChI=1S/C30H41N5O4/c1-21(2)13-14-34-25-11-7-8-12-26(25)35(16-15-33-17-19-39-20-18-33)29(37)27(28(34)36)32-30(38)31-24-10-6-5-9-23(24)22(3)4/h5-12,21-22,27H,13-20H2,1-4H3,(H2,31,32,38). The molecule has 1 unspecified atom stereocenters. The zero-order valence-corrected chi connectivity index (χ0v) is 23.5. The van der Waals surface area contributed by atoms with E-state index >= 15 is 0 Å². The zero-order valence-electron chi connectivity index (χ0n) is 23.5. The Hall–Kier alpha value is -3.43. The number of ether oxygens (including phenoxy) is 1. The Labute approximate surface area is 231 Å². The molecule has 9 nitrogen and oxygen atoms in total. The number of amides is 4. The molecule has 2 aromatic carbocycles. The number of rotatable bonds is 9. The number of benzene rings is 2. The van der Waals surface area contributed by atoms with Gasteiger partial charge in [-0.05, 0) is 42.0 Å². The average molecular weight is 536 g/mol. The molecule has 2 aliphatic heterocycles. The number of nitrogens with one attached hydrogen (secondary N) is 2. The predicted octanol–water partition coefficient (Wildman–Crippen LogP) is 4.06. The third-order valence-corrected chi connectivity index (χ3v) is 7.27. The van der Waals surface area contributed by atoms with Crippen LogP contribution in [0.2, 0.25) is 0 Å². The number of carbonyl (C=O) groups excluding carboxylic acids is 3. The Bertz CT molecular complexity index is 1160. The van der Waals surface area contributed by atoms with Crippen LogP contribution in [0.3, 0.4) is 0 Å². The van der Waals surface area contributed by atoms with Crippen LogP contribution in [0.5, 0.6) is 0 Å². The molecular formula is C30H41N5O4. The smallest absolute Gasteiger partial charge is 0.320 e. The van der Waals surface area contributed by atoms with Crippen molar-refractivity contribution in [3.63, 3.8) is 0 Å². The van der Waals surface area contributed by atoms with Gasteiger partial charge in [-0.15, -0.1) is 0 Å². The molecule has 1 saturated heterocycles. The summed E-state index contributed by atoms with van der Waals surface area (Å²) in [5.74, 6) is -0.294. The molecule has 0 spiro atoms. The number of urea groups is 1. The molecule has 0 saturated carbocycles. The molecule has 2 heterocycles. The Kier molecular flexibility index (Phi) is 9.59. The van der Waals surface area contributed by atoms with E-state index in [1.807, 2.05) is 62.4 Å². The van der Waals surface area contributed by atoms with Crippen LogP contribution in [0.15, 0.2) is 48.5 Å². The first-order valence-electron chi connectivity index (χ1n) is 13.9. The molecule has 1 atom stereocenters. The monoisotopic (exact) mass is 535 g/mol. The van der Waals surface area contributed by atoms with Crippen LogP contribution in [0, 0.1) is 5.92 Å². The number of anilines is 3. The molecule has 1 fully saturated rings. The number of nitrogens with zero attached hydrogens (tertiary/aromatic N) is 3. The van der Waals surface area contributed by atoms with Crippen molar-refractivity contribution in [3.05, 3.63) is 54.1 Å². The summed E-state index contributed by atoms with van der Waals surface area (Å²) in [4.78, 5) is 46.8. The summed E-state index contributed by atoms with van der Waals surface area (Å²) in [6, 6.07) is 13.1. The molecule has 2 N–H and O–H groups in total. The van der Waals surface area contributed by atoms with Gasteiger partial charge in [-0.25, -0.2) is 4.79 Å². The molecule has 4 rings (SSSR count). The van der Waals surface area contributed by atoms with Crippen LogP contribution < -0.4 is 20.4 Å². The van der Waals surface area contributed by atoms with Crippen LogP contribution in [0.4, 0.5) is 21.9 Å². The maximum atomic E-state index is 14.0. The van der Waals surface area contributed by atoms with Gasteiger partial charge in [0.15, 0.2) is 6.04 Å². The van der Waals surface area contributed by atoms with E-state index in [-0.39, 0.29) is 5.92 Å². The van der Waals surface area contributed by atoms with E-state index in [2.05, 4.69) is 29.4 Å². The second-order valence-electron chi connectivity index (χ2n) is 10.9. The lowest BCUT2D eigenvalue weighted by Gasteiger charge is -2.31. The topological polar surface area (TPSA) is 94.2 Å². The van der Waals surface area contributed by atoms with Gasteiger partial charge in [0, 0.05) is 38.4 Å². The van der Waals surface area contributed by atoms with E-state index in [1.54, 1.807) is 9.80 Å². The van der Waals surface area contributed by atoms with E-state index in [1.165, 1.54) is 0 Å². The summed E-state index contributed by atoms with van der Waals surface area (Å²) in [5, 5.41) is 5.60. The Balaban J connectivity index is 1.63. The highest BCUT2D eigenvalue weighted by Crippen LogP contribution is 2.34. The third-order valence-electron chi connectivity index (χ3n) is 7.27. The minimum atomic E-state index is -1.35. The highest BCUT2D eigenvalue weighted by atomic mass is 16.5. The highest BCUT2D eigenvalue weighted by molar-refractivity contribution is 6.21.